The SMILES string of the molecule is O=C(NNCOC1CCNCC1)C1CC([N+](=O)[O-])CCC1I. The molecule has 1 heterocycles. The molecule has 0 spiro atoms. The van der Waals surface area contributed by atoms with Crippen molar-refractivity contribution >= 4 is 28.5 Å². The first-order chi connectivity index (χ1) is 10.6. The number of amides is 1. The van der Waals surface area contributed by atoms with Gasteiger partial charge in [0.1, 0.15) is 6.73 Å². The van der Waals surface area contributed by atoms with Crippen LogP contribution in [-0.4, -0.2) is 46.7 Å². The minimum Gasteiger partial charge on any atom is -0.361 e. The number of hydrazine groups is 1. The van der Waals surface area contributed by atoms with Gasteiger partial charge in [0, 0.05) is 21.7 Å². The third-order valence-electron chi connectivity index (χ3n) is 4.26. The summed E-state index contributed by atoms with van der Waals surface area (Å²) in [4.78, 5) is 22.8. The molecule has 126 valence electrons. The third kappa shape index (κ3) is 5.28. The van der Waals surface area contributed by atoms with E-state index in [-0.39, 0.29) is 33.5 Å². The van der Waals surface area contributed by atoms with Crippen molar-refractivity contribution in [3.05, 3.63) is 10.1 Å². The second kappa shape index (κ2) is 8.94. The van der Waals surface area contributed by atoms with Gasteiger partial charge in [-0.05, 0) is 32.4 Å². The molecule has 1 saturated heterocycles. The molecular formula is C13H23IN4O4. The Morgan fingerprint density at radius 1 is 1.32 bits per heavy atom. The Kier molecular flexibility index (Phi) is 7.25. The van der Waals surface area contributed by atoms with Gasteiger partial charge in [0.2, 0.25) is 11.9 Å². The van der Waals surface area contributed by atoms with Crippen molar-refractivity contribution in [3.63, 3.8) is 0 Å². The van der Waals surface area contributed by atoms with Gasteiger partial charge >= 0.3 is 0 Å². The number of nitrogens with zero attached hydrogens (tertiary/aromatic N) is 1. The molecule has 8 nitrogen and oxygen atoms in total. The molecule has 1 amide bonds. The number of alkyl halides is 1. The highest BCUT2D eigenvalue weighted by Gasteiger charge is 2.38. The number of hydrogen-bond donors (Lipinski definition) is 3. The van der Waals surface area contributed by atoms with Crippen LogP contribution in [0.15, 0.2) is 0 Å². The van der Waals surface area contributed by atoms with Gasteiger partial charge in [0.25, 0.3) is 0 Å². The van der Waals surface area contributed by atoms with Gasteiger partial charge in [0.05, 0.1) is 12.0 Å². The lowest BCUT2D eigenvalue weighted by atomic mass is 9.85. The molecule has 3 N–H and O–H groups in total. The van der Waals surface area contributed by atoms with Gasteiger partial charge in [-0.15, -0.1) is 0 Å². The Morgan fingerprint density at radius 3 is 2.73 bits per heavy atom. The quantitative estimate of drug-likeness (QED) is 0.143. The number of nitrogens with one attached hydrogen (secondary N) is 3. The molecule has 1 aliphatic heterocycles. The van der Waals surface area contributed by atoms with Crippen molar-refractivity contribution in [3.8, 4) is 0 Å². The number of hydrogen-bond acceptors (Lipinski definition) is 6. The van der Waals surface area contributed by atoms with Crippen LogP contribution < -0.4 is 16.2 Å². The number of nitro groups is 1. The van der Waals surface area contributed by atoms with E-state index in [0.717, 1.165) is 25.9 Å². The lowest BCUT2D eigenvalue weighted by Crippen LogP contribution is -2.48. The van der Waals surface area contributed by atoms with E-state index >= 15 is 0 Å². The minimum atomic E-state index is -0.604. The fourth-order valence-corrected chi connectivity index (χ4v) is 3.89. The van der Waals surface area contributed by atoms with Crippen molar-refractivity contribution < 1.29 is 14.5 Å². The van der Waals surface area contributed by atoms with Crippen LogP contribution in [0.1, 0.15) is 32.1 Å². The maximum absolute atomic E-state index is 12.2. The zero-order valence-electron chi connectivity index (χ0n) is 12.4. The van der Waals surface area contributed by atoms with E-state index in [0.29, 0.717) is 19.3 Å². The van der Waals surface area contributed by atoms with Crippen LogP contribution in [0.5, 0.6) is 0 Å². The minimum absolute atomic E-state index is 0.140. The molecule has 0 aromatic rings. The summed E-state index contributed by atoms with van der Waals surface area (Å²) >= 11 is 2.21. The molecule has 0 aromatic carbocycles. The summed E-state index contributed by atoms with van der Waals surface area (Å²) in [7, 11) is 0. The van der Waals surface area contributed by atoms with Gasteiger partial charge in [-0.3, -0.25) is 20.3 Å². The van der Waals surface area contributed by atoms with Crippen molar-refractivity contribution in [1.29, 1.82) is 0 Å². The van der Waals surface area contributed by atoms with Gasteiger partial charge < -0.3 is 10.1 Å². The third-order valence-corrected chi connectivity index (χ3v) is 5.75. The van der Waals surface area contributed by atoms with Crippen LogP contribution >= 0.6 is 22.6 Å². The summed E-state index contributed by atoms with van der Waals surface area (Å²) in [6, 6.07) is -0.604. The highest BCUT2D eigenvalue weighted by atomic mass is 127. The maximum atomic E-state index is 12.2. The standard InChI is InChI=1S/C13H23IN4O4/c14-12-2-1-9(18(20)21)7-11(12)13(19)17-16-8-22-10-3-5-15-6-4-10/h9-12,15-16H,1-8H2,(H,17,19). The molecule has 2 fully saturated rings. The smallest absolute Gasteiger partial charge is 0.238 e. The molecule has 3 unspecified atom stereocenters. The normalized spacial score (nSPS) is 30.0. The molecule has 0 bridgehead atoms. The maximum Gasteiger partial charge on any atom is 0.238 e. The summed E-state index contributed by atoms with van der Waals surface area (Å²) in [6.07, 6.45) is 3.73. The van der Waals surface area contributed by atoms with Crippen LogP contribution in [0.3, 0.4) is 0 Å². The second-order valence-electron chi connectivity index (χ2n) is 5.80. The Hall–Kier alpha value is -0.520. The van der Waals surface area contributed by atoms with Gasteiger partial charge in [-0.1, -0.05) is 22.6 Å². The Bertz CT molecular complexity index is 392. The molecule has 2 aliphatic rings. The van der Waals surface area contributed by atoms with E-state index in [1.54, 1.807) is 0 Å². The van der Waals surface area contributed by atoms with Crippen LogP contribution in [0.25, 0.3) is 0 Å². The van der Waals surface area contributed by atoms with Crippen molar-refractivity contribution in [2.24, 2.45) is 5.92 Å². The average molecular weight is 426 g/mol. The highest BCUT2D eigenvalue weighted by molar-refractivity contribution is 14.1. The number of carbonyl (C=O) groups is 1. The van der Waals surface area contributed by atoms with Crippen LogP contribution in [-0.2, 0) is 9.53 Å². The summed E-state index contributed by atoms with van der Waals surface area (Å²) < 4.78 is 5.77. The Morgan fingerprint density at radius 2 is 2.05 bits per heavy atom. The number of carbonyl (C=O) groups excluding carboxylic acids is 1. The zero-order chi connectivity index (χ0) is 15.9. The molecule has 1 aliphatic carbocycles. The van der Waals surface area contributed by atoms with Gasteiger partial charge in [-0.25, -0.2) is 5.43 Å². The van der Waals surface area contributed by atoms with Gasteiger partial charge in [-0.2, -0.15) is 0 Å². The van der Waals surface area contributed by atoms with Crippen molar-refractivity contribution in [1.82, 2.24) is 16.2 Å². The summed E-state index contributed by atoms with van der Waals surface area (Å²) in [5.74, 6) is -0.504. The number of piperidine rings is 1. The van der Waals surface area contributed by atoms with Crippen LogP contribution in [0.2, 0.25) is 0 Å². The zero-order valence-corrected chi connectivity index (χ0v) is 14.6. The van der Waals surface area contributed by atoms with E-state index in [2.05, 4.69) is 38.8 Å². The predicted molar refractivity (Wildman–Crippen MR) is 89.1 cm³/mol. The first-order valence-electron chi connectivity index (χ1n) is 7.70. The summed E-state index contributed by atoms with van der Waals surface area (Å²) in [5, 5.41) is 14.2. The Balaban J connectivity index is 1.68. The van der Waals surface area contributed by atoms with Crippen molar-refractivity contribution in [2.45, 2.75) is 48.2 Å². The summed E-state index contributed by atoms with van der Waals surface area (Å²) in [6.45, 7) is 2.17. The molecule has 1 saturated carbocycles. The molecule has 0 aromatic heterocycles. The van der Waals surface area contributed by atoms with E-state index in [4.69, 9.17) is 4.74 Å². The van der Waals surface area contributed by atoms with E-state index in [1.165, 1.54) is 0 Å². The molecule has 9 heteroatoms. The number of ether oxygens (including phenoxy) is 1. The van der Waals surface area contributed by atoms with E-state index in [9.17, 15) is 14.9 Å². The topological polar surface area (TPSA) is 106 Å². The second-order valence-corrected chi connectivity index (χ2v) is 7.40. The number of halogens is 1. The van der Waals surface area contributed by atoms with Crippen LogP contribution in [0.4, 0.5) is 0 Å². The average Bonchev–Trinajstić information content (AvgIpc) is 2.52. The van der Waals surface area contributed by atoms with Gasteiger partial charge in [0.15, 0.2) is 0 Å². The van der Waals surface area contributed by atoms with E-state index < -0.39 is 6.04 Å². The van der Waals surface area contributed by atoms with E-state index in [1.807, 2.05) is 0 Å². The largest absolute Gasteiger partial charge is 0.361 e. The lowest BCUT2D eigenvalue weighted by Gasteiger charge is -2.28. The molecule has 2 rings (SSSR count). The lowest BCUT2D eigenvalue weighted by molar-refractivity contribution is -0.527. The fourth-order valence-electron chi connectivity index (χ4n) is 2.91. The monoisotopic (exact) mass is 426 g/mol. The molecular weight excluding hydrogens is 403 g/mol. The molecule has 0 radical (unpaired) electrons. The van der Waals surface area contributed by atoms with Crippen LogP contribution in [0, 0.1) is 16.0 Å². The summed E-state index contributed by atoms with van der Waals surface area (Å²) in [5.41, 5.74) is 5.40. The first-order valence-corrected chi connectivity index (χ1v) is 8.95. The fraction of sp³-hybridized carbons (Fsp3) is 0.923. The van der Waals surface area contributed by atoms with Crippen molar-refractivity contribution in [2.75, 3.05) is 19.8 Å². The Labute approximate surface area is 143 Å². The molecule has 3 atom stereocenters. The number of rotatable bonds is 6. The molecule has 22 heavy (non-hydrogen) atoms. The first kappa shape index (κ1) is 17.8. The predicted octanol–water partition coefficient (Wildman–Crippen LogP) is 0.582. The highest BCUT2D eigenvalue weighted by Crippen LogP contribution is 2.31.